The van der Waals surface area contributed by atoms with Crippen LogP contribution in [0.2, 0.25) is 0 Å². The standard InChI is InChI=1S/C23H31F3N2O4/c1-14(27-17-12-15(18(29)31-5)6-7-16(17)23(24,25)26)21-8-10-22(13-21,11-9-21)28-19(30)32-20(2,3)4/h6-7,12,14,27H,8-11,13H2,1-5H3,(H,28,30)/t14-,21?,22?/m0/s1. The van der Waals surface area contributed by atoms with Gasteiger partial charge in [-0.25, -0.2) is 9.59 Å². The minimum Gasteiger partial charge on any atom is -0.465 e. The van der Waals surface area contributed by atoms with Gasteiger partial charge in [-0.15, -0.1) is 0 Å². The van der Waals surface area contributed by atoms with E-state index in [0.29, 0.717) is 6.42 Å². The van der Waals surface area contributed by atoms with E-state index in [2.05, 4.69) is 15.4 Å². The molecule has 0 saturated heterocycles. The topological polar surface area (TPSA) is 76.7 Å². The van der Waals surface area contributed by atoms with Gasteiger partial charge in [0.25, 0.3) is 0 Å². The third-order valence-corrected chi connectivity index (χ3v) is 6.70. The molecule has 6 nitrogen and oxygen atoms in total. The quantitative estimate of drug-likeness (QED) is 0.571. The second-order valence-electron chi connectivity index (χ2n) is 10.1. The largest absolute Gasteiger partial charge is 0.465 e. The van der Waals surface area contributed by atoms with Crippen LogP contribution in [-0.4, -0.2) is 36.4 Å². The van der Waals surface area contributed by atoms with Gasteiger partial charge in [0.1, 0.15) is 5.60 Å². The normalized spacial score (nSPS) is 25.9. The van der Waals surface area contributed by atoms with Crippen molar-refractivity contribution < 1.29 is 32.2 Å². The molecule has 32 heavy (non-hydrogen) atoms. The fourth-order valence-corrected chi connectivity index (χ4v) is 5.07. The van der Waals surface area contributed by atoms with E-state index >= 15 is 0 Å². The van der Waals surface area contributed by atoms with Crippen molar-refractivity contribution >= 4 is 17.7 Å². The number of methoxy groups -OCH3 is 1. The number of nitrogens with one attached hydrogen (secondary N) is 2. The summed E-state index contributed by atoms with van der Waals surface area (Å²) in [6.45, 7) is 7.25. The Morgan fingerprint density at radius 2 is 1.72 bits per heavy atom. The number of hydrogen-bond acceptors (Lipinski definition) is 5. The Balaban J connectivity index is 1.79. The summed E-state index contributed by atoms with van der Waals surface area (Å²) in [5.41, 5.74) is -2.21. The first kappa shape index (κ1) is 24.2. The molecule has 2 aliphatic rings. The Morgan fingerprint density at radius 1 is 1.09 bits per heavy atom. The second kappa shape index (κ2) is 8.15. The predicted octanol–water partition coefficient (Wildman–Crippen LogP) is 5.52. The summed E-state index contributed by atoms with van der Waals surface area (Å²) < 4.78 is 50.8. The van der Waals surface area contributed by atoms with Crippen LogP contribution in [0.3, 0.4) is 0 Å². The van der Waals surface area contributed by atoms with Gasteiger partial charge in [0.2, 0.25) is 0 Å². The molecule has 0 aromatic heterocycles. The molecular formula is C23H31F3N2O4. The number of halogens is 3. The maximum Gasteiger partial charge on any atom is 0.418 e. The lowest BCUT2D eigenvalue weighted by molar-refractivity contribution is -0.137. The second-order valence-corrected chi connectivity index (χ2v) is 10.1. The van der Waals surface area contributed by atoms with E-state index in [4.69, 9.17) is 4.74 Å². The van der Waals surface area contributed by atoms with E-state index in [-0.39, 0.29) is 22.7 Å². The molecular weight excluding hydrogens is 425 g/mol. The Morgan fingerprint density at radius 3 is 2.25 bits per heavy atom. The predicted molar refractivity (Wildman–Crippen MR) is 113 cm³/mol. The number of rotatable bonds is 5. The summed E-state index contributed by atoms with van der Waals surface area (Å²) in [6.07, 6.45) is -1.35. The van der Waals surface area contributed by atoms with Gasteiger partial charge in [-0.05, 0) is 83.4 Å². The molecule has 3 rings (SSSR count). The molecule has 178 valence electrons. The maximum absolute atomic E-state index is 13.6. The molecule has 2 saturated carbocycles. The fourth-order valence-electron chi connectivity index (χ4n) is 5.07. The summed E-state index contributed by atoms with van der Waals surface area (Å²) in [4.78, 5) is 24.2. The lowest BCUT2D eigenvalue weighted by atomic mass is 9.78. The van der Waals surface area contributed by atoms with Gasteiger partial charge in [-0.2, -0.15) is 13.2 Å². The highest BCUT2D eigenvalue weighted by Gasteiger charge is 2.57. The first-order chi connectivity index (χ1) is 14.7. The minimum absolute atomic E-state index is 0.0477. The number of carbonyl (C=O) groups excluding carboxylic acids is 2. The molecule has 0 spiro atoms. The number of amides is 1. The number of carbonyl (C=O) groups is 2. The van der Waals surface area contributed by atoms with Crippen LogP contribution in [0.25, 0.3) is 0 Å². The van der Waals surface area contributed by atoms with E-state index in [0.717, 1.165) is 37.8 Å². The minimum atomic E-state index is -4.57. The van der Waals surface area contributed by atoms with Crippen LogP contribution in [0.1, 0.15) is 75.7 Å². The lowest BCUT2D eigenvalue weighted by Gasteiger charge is -2.35. The average Bonchev–Trinajstić information content (AvgIpc) is 3.21. The third-order valence-electron chi connectivity index (χ3n) is 6.70. The third kappa shape index (κ3) is 4.96. The van der Waals surface area contributed by atoms with E-state index in [1.807, 2.05) is 6.92 Å². The number of fused-ring (bicyclic) bond motifs is 2. The van der Waals surface area contributed by atoms with Crippen molar-refractivity contribution in [2.75, 3.05) is 12.4 Å². The smallest absolute Gasteiger partial charge is 0.418 e. The van der Waals surface area contributed by atoms with E-state index in [1.54, 1.807) is 20.8 Å². The van der Waals surface area contributed by atoms with E-state index in [9.17, 15) is 22.8 Å². The monoisotopic (exact) mass is 456 g/mol. The number of alkyl carbamates (subject to hydrolysis) is 1. The van der Waals surface area contributed by atoms with Gasteiger partial charge in [0.15, 0.2) is 0 Å². The Hall–Kier alpha value is -2.45. The van der Waals surface area contributed by atoms with Crippen LogP contribution < -0.4 is 10.6 Å². The Labute approximate surface area is 186 Å². The van der Waals surface area contributed by atoms with Gasteiger partial charge < -0.3 is 20.1 Å². The zero-order chi connectivity index (χ0) is 23.9. The summed E-state index contributed by atoms with van der Waals surface area (Å²) in [6, 6.07) is 2.90. The molecule has 1 aromatic carbocycles. The fraction of sp³-hybridized carbons (Fsp3) is 0.652. The van der Waals surface area contributed by atoms with Gasteiger partial charge in [0, 0.05) is 17.3 Å². The molecule has 1 atom stereocenters. The molecule has 0 unspecified atom stereocenters. The molecule has 2 fully saturated rings. The van der Waals surface area contributed by atoms with Gasteiger partial charge in [-0.1, -0.05) is 0 Å². The highest BCUT2D eigenvalue weighted by atomic mass is 19.4. The summed E-state index contributed by atoms with van der Waals surface area (Å²) in [5.74, 6) is -0.699. The number of anilines is 1. The molecule has 0 aliphatic heterocycles. The Bertz CT molecular complexity index is 884. The zero-order valence-corrected chi connectivity index (χ0v) is 19.1. The Kier molecular flexibility index (Phi) is 6.17. The van der Waals surface area contributed by atoms with Gasteiger partial charge >= 0.3 is 18.2 Å². The molecule has 2 aliphatic carbocycles. The summed E-state index contributed by atoms with van der Waals surface area (Å²) in [5, 5.41) is 6.05. The van der Waals surface area contributed by atoms with Crippen molar-refractivity contribution in [1.82, 2.24) is 5.32 Å². The first-order valence-electron chi connectivity index (χ1n) is 10.8. The molecule has 9 heteroatoms. The van der Waals surface area contributed by atoms with Crippen LogP contribution in [0.15, 0.2) is 18.2 Å². The number of hydrogen-bond donors (Lipinski definition) is 2. The summed E-state index contributed by atoms with van der Waals surface area (Å²) >= 11 is 0. The van der Waals surface area contributed by atoms with Crippen molar-refractivity contribution in [3.63, 3.8) is 0 Å². The SMILES string of the molecule is COC(=O)c1ccc(C(F)(F)F)c(N[C@@H](C)C23CCC(NC(=O)OC(C)(C)C)(CC2)C3)c1. The molecule has 0 heterocycles. The maximum atomic E-state index is 13.6. The molecule has 1 amide bonds. The first-order valence-corrected chi connectivity index (χ1v) is 10.8. The number of benzene rings is 1. The van der Waals surface area contributed by atoms with Crippen molar-refractivity contribution in [3.05, 3.63) is 29.3 Å². The van der Waals surface area contributed by atoms with Crippen LogP contribution in [0, 0.1) is 5.41 Å². The van der Waals surface area contributed by atoms with Crippen molar-refractivity contribution in [1.29, 1.82) is 0 Å². The van der Waals surface area contributed by atoms with Crippen LogP contribution in [0.5, 0.6) is 0 Å². The van der Waals surface area contributed by atoms with Crippen LogP contribution in [0.4, 0.5) is 23.7 Å². The average molecular weight is 457 g/mol. The van der Waals surface area contributed by atoms with E-state index in [1.165, 1.54) is 13.2 Å². The summed E-state index contributed by atoms with van der Waals surface area (Å²) in [7, 11) is 1.18. The van der Waals surface area contributed by atoms with E-state index < -0.39 is 34.9 Å². The highest BCUT2D eigenvalue weighted by molar-refractivity contribution is 5.90. The molecule has 2 N–H and O–H groups in total. The molecule has 0 radical (unpaired) electrons. The van der Waals surface area contributed by atoms with Crippen LogP contribution >= 0.6 is 0 Å². The van der Waals surface area contributed by atoms with Crippen molar-refractivity contribution in [2.24, 2.45) is 5.41 Å². The number of esters is 1. The number of ether oxygens (including phenoxy) is 2. The molecule has 2 bridgehead atoms. The van der Waals surface area contributed by atoms with Crippen LogP contribution in [-0.2, 0) is 15.7 Å². The highest BCUT2D eigenvalue weighted by Crippen LogP contribution is 2.58. The number of alkyl halides is 3. The molecule has 1 aromatic rings. The van der Waals surface area contributed by atoms with Gasteiger partial charge in [-0.3, -0.25) is 0 Å². The van der Waals surface area contributed by atoms with Gasteiger partial charge in [0.05, 0.1) is 18.2 Å². The van der Waals surface area contributed by atoms with Crippen molar-refractivity contribution in [3.8, 4) is 0 Å². The lowest BCUT2D eigenvalue weighted by Crippen LogP contribution is -2.47. The van der Waals surface area contributed by atoms with Crippen molar-refractivity contribution in [2.45, 2.75) is 83.2 Å². The zero-order valence-electron chi connectivity index (χ0n) is 19.1.